The molecule has 3 N–H and O–H groups in total. The lowest BCUT2D eigenvalue weighted by molar-refractivity contribution is -0.117. The Morgan fingerprint density at radius 1 is 1.75 bits per heavy atom. The van der Waals surface area contributed by atoms with Gasteiger partial charge in [-0.2, -0.15) is 0 Å². The third-order valence-electron chi connectivity index (χ3n) is 1.33. The fourth-order valence-electron chi connectivity index (χ4n) is 0.808. The van der Waals surface area contributed by atoms with Crippen molar-refractivity contribution in [2.24, 2.45) is 5.73 Å². The van der Waals surface area contributed by atoms with E-state index in [0.717, 1.165) is 0 Å². The number of nitrogens with one attached hydrogen (secondary N) is 1. The number of rotatable bonds is 2. The van der Waals surface area contributed by atoms with Gasteiger partial charge in [0.05, 0.1) is 6.42 Å². The zero-order valence-electron chi connectivity index (χ0n) is 6.63. The van der Waals surface area contributed by atoms with Gasteiger partial charge in [0.1, 0.15) is 5.69 Å². The normalized spacial score (nSPS) is 9.75. The van der Waals surface area contributed by atoms with E-state index < -0.39 is 5.91 Å². The van der Waals surface area contributed by atoms with Gasteiger partial charge in [0.15, 0.2) is 0 Å². The molecule has 1 rings (SSSR count). The highest BCUT2D eigenvalue weighted by atomic mass is 16.1. The van der Waals surface area contributed by atoms with Crippen LogP contribution in [-0.4, -0.2) is 15.9 Å². The van der Waals surface area contributed by atoms with Gasteiger partial charge in [-0.3, -0.25) is 14.6 Å². The molecule has 1 heterocycles. The topological polar surface area (TPSA) is 88.8 Å². The Morgan fingerprint density at radius 2 is 2.42 bits per heavy atom. The first-order valence-corrected chi connectivity index (χ1v) is 3.42. The highest BCUT2D eigenvalue weighted by Crippen LogP contribution is 1.87. The van der Waals surface area contributed by atoms with E-state index in [-0.39, 0.29) is 17.7 Å². The molecule has 0 aliphatic carbocycles. The number of aromatic nitrogens is 2. The van der Waals surface area contributed by atoms with E-state index in [1.165, 1.54) is 6.20 Å². The van der Waals surface area contributed by atoms with Crippen molar-refractivity contribution in [2.75, 3.05) is 0 Å². The maximum absolute atomic E-state index is 11.0. The Hall–Kier alpha value is -1.65. The van der Waals surface area contributed by atoms with Gasteiger partial charge >= 0.3 is 0 Å². The molecule has 12 heavy (non-hydrogen) atoms. The van der Waals surface area contributed by atoms with E-state index in [1.807, 2.05) is 0 Å². The SMILES string of the molecule is Cc1cnc(CC(N)=O)c(=O)[nH]1. The van der Waals surface area contributed by atoms with E-state index >= 15 is 0 Å². The van der Waals surface area contributed by atoms with Gasteiger partial charge in [0, 0.05) is 11.9 Å². The van der Waals surface area contributed by atoms with Gasteiger partial charge in [-0.05, 0) is 6.92 Å². The summed E-state index contributed by atoms with van der Waals surface area (Å²) in [5.74, 6) is -0.558. The number of nitrogens with zero attached hydrogens (tertiary/aromatic N) is 1. The van der Waals surface area contributed by atoms with Crippen molar-refractivity contribution in [1.29, 1.82) is 0 Å². The first-order valence-electron chi connectivity index (χ1n) is 3.42. The number of carbonyl (C=O) groups is 1. The zero-order chi connectivity index (χ0) is 9.14. The van der Waals surface area contributed by atoms with E-state index in [4.69, 9.17) is 5.73 Å². The van der Waals surface area contributed by atoms with Gasteiger partial charge in [0.2, 0.25) is 5.91 Å². The number of nitrogens with two attached hydrogens (primary N) is 1. The molecule has 1 aromatic heterocycles. The lowest BCUT2D eigenvalue weighted by atomic mass is 10.3. The monoisotopic (exact) mass is 167 g/mol. The molecule has 0 bridgehead atoms. The van der Waals surface area contributed by atoms with Crippen LogP contribution in [0.2, 0.25) is 0 Å². The quantitative estimate of drug-likeness (QED) is 0.598. The summed E-state index contributed by atoms with van der Waals surface area (Å²) in [6.45, 7) is 1.71. The molecular formula is C7H9N3O2. The minimum Gasteiger partial charge on any atom is -0.369 e. The summed E-state index contributed by atoms with van der Waals surface area (Å²) < 4.78 is 0. The maximum atomic E-state index is 11.0. The number of hydrogen-bond acceptors (Lipinski definition) is 3. The molecule has 0 radical (unpaired) electrons. The number of carbonyl (C=O) groups excluding carboxylic acids is 1. The van der Waals surface area contributed by atoms with Crippen LogP contribution in [0.3, 0.4) is 0 Å². The smallest absolute Gasteiger partial charge is 0.270 e. The van der Waals surface area contributed by atoms with Crippen molar-refractivity contribution >= 4 is 5.91 Å². The average molecular weight is 167 g/mol. The lowest BCUT2D eigenvalue weighted by Gasteiger charge is -1.95. The van der Waals surface area contributed by atoms with Crippen LogP contribution in [0, 0.1) is 6.92 Å². The molecule has 0 aromatic carbocycles. The molecule has 5 nitrogen and oxygen atoms in total. The molecule has 1 aromatic rings. The maximum Gasteiger partial charge on any atom is 0.270 e. The molecule has 0 atom stereocenters. The minimum absolute atomic E-state index is 0.115. The summed E-state index contributed by atoms with van der Waals surface area (Å²) in [5.41, 5.74) is 5.37. The van der Waals surface area contributed by atoms with E-state index in [0.29, 0.717) is 5.69 Å². The summed E-state index contributed by atoms with van der Waals surface area (Å²) in [6, 6.07) is 0. The predicted octanol–water partition coefficient (Wildman–Crippen LogP) is -0.894. The third-order valence-corrected chi connectivity index (χ3v) is 1.33. The van der Waals surface area contributed by atoms with Crippen molar-refractivity contribution in [1.82, 2.24) is 9.97 Å². The Balaban J connectivity index is 3.02. The average Bonchev–Trinajstić information content (AvgIpc) is 1.94. The molecule has 0 spiro atoms. The van der Waals surface area contributed by atoms with Crippen molar-refractivity contribution in [3.8, 4) is 0 Å². The molecule has 0 unspecified atom stereocenters. The highest BCUT2D eigenvalue weighted by molar-refractivity contribution is 5.75. The number of hydrogen-bond donors (Lipinski definition) is 2. The Morgan fingerprint density at radius 3 is 2.92 bits per heavy atom. The first-order chi connectivity index (χ1) is 5.59. The van der Waals surface area contributed by atoms with Crippen LogP contribution in [0.25, 0.3) is 0 Å². The second-order valence-corrected chi connectivity index (χ2v) is 2.49. The van der Waals surface area contributed by atoms with Gasteiger partial charge in [-0.1, -0.05) is 0 Å². The van der Waals surface area contributed by atoms with Crippen LogP contribution in [0.4, 0.5) is 0 Å². The summed E-state index contributed by atoms with van der Waals surface area (Å²) in [7, 11) is 0. The van der Waals surface area contributed by atoms with Crippen molar-refractivity contribution < 1.29 is 4.79 Å². The Labute approximate surface area is 68.6 Å². The number of amides is 1. The van der Waals surface area contributed by atoms with Crippen molar-refractivity contribution in [2.45, 2.75) is 13.3 Å². The largest absolute Gasteiger partial charge is 0.369 e. The van der Waals surface area contributed by atoms with Crippen molar-refractivity contribution in [3.05, 3.63) is 27.9 Å². The van der Waals surface area contributed by atoms with Gasteiger partial charge in [-0.15, -0.1) is 0 Å². The van der Waals surface area contributed by atoms with Gasteiger partial charge in [0.25, 0.3) is 5.56 Å². The molecule has 5 heteroatoms. The van der Waals surface area contributed by atoms with E-state index in [2.05, 4.69) is 9.97 Å². The standard InChI is InChI=1S/C7H9N3O2/c1-4-3-9-5(2-6(8)11)7(12)10-4/h3H,2H2,1H3,(H2,8,11)(H,10,12). The second-order valence-electron chi connectivity index (χ2n) is 2.49. The summed E-state index contributed by atoms with van der Waals surface area (Å²) in [4.78, 5) is 27.8. The van der Waals surface area contributed by atoms with Gasteiger partial charge in [-0.25, -0.2) is 0 Å². The first kappa shape index (κ1) is 8.45. The molecule has 0 fully saturated rings. The van der Waals surface area contributed by atoms with Crippen LogP contribution in [0.5, 0.6) is 0 Å². The van der Waals surface area contributed by atoms with Crippen LogP contribution in [-0.2, 0) is 11.2 Å². The fourth-order valence-corrected chi connectivity index (χ4v) is 0.808. The minimum atomic E-state index is -0.558. The second kappa shape index (κ2) is 3.17. The van der Waals surface area contributed by atoms with Crippen LogP contribution >= 0.6 is 0 Å². The van der Waals surface area contributed by atoms with Crippen LogP contribution in [0.1, 0.15) is 11.4 Å². The van der Waals surface area contributed by atoms with Gasteiger partial charge < -0.3 is 10.7 Å². The van der Waals surface area contributed by atoms with Crippen LogP contribution < -0.4 is 11.3 Å². The Bertz CT molecular complexity index is 356. The number of H-pyrrole nitrogens is 1. The molecule has 1 amide bonds. The molecular weight excluding hydrogens is 158 g/mol. The van der Waals surface area contributed by atoms with E-state index in [9.17, 15) is 9.59 Å². The van der Waals surface area contributed by atoms with Crippen molar-refractivity contribution in [3.63, 3.8) is 0 Å². The molecule has 64 valence electrons. The molecule has 0 aliphatic rings. The number of aromatic amines is 1. The predicted molar refractivity (Wildman–Crippen MR) is 42.5 cm³/mol. The fraction of sp³-hybridized carbons (Fsp3) is 0.286. The van der Waals surface area contributed by atoms with Crippen LogP contribution in [0.15, 0.2) is 11.0 Å². The number of primary amides is 1. The van der Waals surface area contributed by atoms with E-state index in [1.54, 1.807) is 6.92 Å². The summed E-state index contributed by atoms with van der Waals surface area (Å²) >= 11 is 0. The molecule has 0 saturated heterocycles. The summed E-state index contributed by atoms with van der Waals surface area (Å²) in [5, 5.41) is 0. The molecule has 0 aliphatic heterocycles. The summed E-state index contributed by atoms with van der Waals surface area (Å²) in [6.07, 6.45) is 1.37. The zero-order valence-corrected chi connectivity index (χ0v) is 6.63. The Kier molecular flexibility index (Phi) is 2.23. The third kappa shape index (κ3) is 1.91. The lowest BCUT2D eigenvalue weighted by Crippen LogP contribution is -2.23. The number of aryl methyl sites for hydroxylation is 1. The highest BCUT2D eigenvalue weighted by Gasteiger charge is 2.04. The molecule has 0 saturated carbocycles.